The van der Waals surface area contributed by atoms with Crippen molar-refractivity contribution >= 4 is 17.9 Å². The highest BCUT2D eigenvalue weighted by molar-refractivity contribution is 5.71. The van der Waals surface area contributed by atoms with Crippen LogP contribution >= 0.6 is 0 Å². The molecule has 0 saturated heterocycles. The zero-order valence-electron chi connectivity index (χ0n) is 44.6. The average Bonchev–Trinajstić information content (AvgIpc) is 3.34. The average molecular weight is 948 g/mol. The van der Waals surface area contributed by atoms with Crippen LogP contribution in [0.4, 0.5) is 0 Å². The molecule has 0 aromatic rings. The minimum atomic E-state index is -0.781. The zero-order chi connectivity index (χ0) is 49.3. The van der Waals surface area contributed by atoms with Gasteiger partial charge in [-0.3, -0.25) is 14.4 Å². The molecule has 68 heavy (non-hydrogen) atoms. The maximum atomic E-state index is 12.8. The lowest BCUT2D eigenvalue weighted by Crippen LogP contribution is -2.30. The van der Waals surface area contributed by atoms with Crippen LogP contribution in [-0.4, -0.2) is 37.2 Å². The number of carbonyl (C=O) groups excluding carboxylic acids is 3. The summed E-state index contributed by atoms with van der Waals surface area (Å²) in [6, 6.07) is 0. The van der Waals surface area contributed by atoms with Crippen LogP contribution in [-0.2, 0) is 28.6 Å². The Morgan fingerprint density at radius 1 is 0.309 bits per heavy atom. The van der Waals surface area contributed by atoms with Crippen molar-refractivity contribution < 1.29 is 28.6 Å². The summed E-state index contributed by atoms with van der Waals surface area (Å²) in [5.74, 6) is -0.895. The number of esters is 3. The second-order valence-corrected chi connectivity index (χ2v) is 18.8. The molecule has 6 nitrogen and oxygen atoms in total. The zero-order valence-corrected chi connectivity index (χ0v) is 44.6. The molecule has 0 amide bonds. The number of carbonyl (C=O) groups is 3. The standard InChI is InChI=1S/C62H106O6/c1-4-7-10-13-16-19-22-24-25-26-27-28-29-30-31-32-33-34-35-36-37-39-40-43-46-49-52-55-61(64)67-58-59(57-66-60(63)54-51-48-45-42-21-18-15-12-9-6-3)68-62(65)56-53-50-47-44-41-38-23-20-17-14-11-8-5-2/h7,10,16,19-20,23-25,27-28,30-31,33-34,59H,4-6,8-9,11-15,17-18,21-22,26,29,32,35-58H2,1-3H3/b10-7-,19-16-,23-20-,25-24-,28-27-,31-30-,34-33-. The second kappa shape index (κ2) is 56.2. The molecule has 6 heteroatoms. The Kier molecular flexibility index (Phi) is 53.4. The highest BCUT2D eigenvalue weighted by Gasteiger charge is 2.19. The Morgan fingerprint density at radius 3 is 0.926 bits per heavy atom. The van der Waals surface area contributed by atoms with Gasteiger partial charge in [-0.1, -0.05) is 241 Å². The first-order chi connectivity index (χ1) is 33.5. The number of rotatable bonds is 51. The van der Waals surface area contributed by atoms with Crippen molar-refractivity contribution in [3.05, 3.63) is 85.1 Å². The van der Waals surface area contributed by atoms with Gasteiger partial charge in [-0.25, -0.2) is 0 Å². The SMILES string of the molecule is CC/C=C\C/C=C\C/C=C\C/C=C\C/C=C\C/C=C\CCCCCCCCCCC(=O)OCC(COC(=O)CCCCCCCCCCCC)OC(=O)CCCCCCC/C=C\CCCCCC. The first-order valence-corrected chi connectivity index (χ1v) is 28.6. The van der Waals surface area contributed by atoms with Gasteiger partial charge in [-0.05, 0) is 96.3 Å². The Morgan fingerprint density at radius 2 is 0.574 bits per heavy atom. The molecule has 0 rings (SSSR count). The number of unbranched alkanes of at least 4 members (excludes halogenated alkanes) is 26. The molecule has 0 fully saturated rings. The van der Waals surface area contributed by atoms with E-state index in [1.807, 2.05) is 0 Å². The van der Waals surface area contributed by atoms with Crippen molar-refractivity contribution in [2.45, 2.75) is 277 Å². The molecule has 0 aliphatic rings. The Labute approximate surface area is 420 Å². The molecule has 1 unspecified atom stereocenters. The van der Waals surface area contributed by atoms with Gasteiger partial charge in [-0.15, -0.1) is 0 Å². The number of ether oxygens (including phenoxy) is 3. The van der Waals surface area contributed by atoms with E-state index in [1.165, 1.54) is 116 Å². The summed E-state index contributed by atoms with van der Waals surface area (Å²) in [5, 5.41) is 0. The summed E-state index contributed by atoms with van der Waals surface area (Å²) in [5.41, 5.74) is 0. The van der Waals surface area contributed by atoms with Gasteiger partial charge in [0.25, 0.3) is 0 Å². The first-order valence-electron chi connectivity index (χ1n) is 28.6. The van der Waals surface area contributed by atoms with E-state index in [1.54, 1.807) is 0 Å². The number of hydrogen-bond acceptors (Lipinski definition) is 6. The molecular weight excluding hydrogens is 841 g/mol. The molecule has 0 heterocycles. The molecule has 390 valence electrons. The van der Waals surface area contributed by atoms with Gasteiger partial charge in [0.15, 0.2) is 6.10 Å². The quantitative estimate of drug-likeness (QED) is 0.0262. The Balaban J connectivity index is 4.25. The maximum Gasteiger partial charge on any atom is 0.306 e. The third-order valence-electron chi connectivity index (χ3n) is 12.1. The van der Waals surface area contributed by atoms with Crippen LogP contribution in [0.2, 0.25) is 0 Å². The minimum Gasteiger partial charge on any atom is -0.462 e. The number of hydrogen-bond donors (Lipinski definition) is 0. The van der Waals surface area contributed by atoms with Crippen LogP contribution in [0.1, 0.15) is 271 Å². The topological polar surface area (TPSA) is 78.9 Å². The molecule has 0 N–H and O–H groups in total. The summed E-state index contributed by atoms with van der Waals surface area (Å²) < 4.78 is 16.8. The lowest BCUT2D eigenvalue weighted by Gasteiger charge is -2.18. The molecule has 0 aliphatic carbocycles. The van der Waals surface area contributed by atoms with Gasteiger partial charge in [0.1, 0.15) is 13.2 Å². The van der Waals surface area contributed by atoms with Gasteiger partial charge in [0, 0.05) is 19.3 Å². The molecular formula is C62H106O6. The Bertz CT molecular complexity index is 1320. The van der Waals surface area contributed by atoms with Crippen molar-refractivity contribution in [3.8, 4) is 0 Å². The molecule has 1 atom stereocenters. The predicted molar refractivity (Wildman–Crippen MR) is 293 cm³/mol. The fraction of sp³-hybridized carbons (Fsp3) is 0.726. The van der Waals surface area contributed by atoms with Gasteiger partial charge < -0.3 is 14.2 Å². The maximum absolute atomic E-state index is 12.8. The summed E-state index contributed by atoms with van der Waals surface area (Å²) in [6.45, 7) is 6.49. The molecule has 0 aromatic carbocycles. The van der Waals surface area contributed by atoms with Crippen molar-refractivity contribution in [2.75, 3.05) is 13.2 Å². The molecule has 0 bridgehead atoms. The van der Waals surface area contributed by atoms with Crippen LogP contribution in [0.5, 0.6) is 0 Å². The van der Waals surface area contributed by atoms with Crippen LogP contribution < -0.4 is 0 Å². The minimum absolute atomic E-state index is 0.0802. The molecule has 0 spiro atoms. The summed E-state index contributed by atoms with van der Waals surface area (Å²) in [6.07, 6.45) is 72.9. The van der Waals surface area contributed by atoms with Crippen LogP contribution in [0, 0.1) is 0 Å². The third-order valence-corrected chi connectivity index (χ3v) is 12.1. The number of allylic oxidation sites excluding steroid dienone is 14. The highest BCUT2D eigenvalue weighted by Crippen LogP contribution is 2.15. The van der Waals surface area contributed by atoms with Gasteiger partial charge in [0.2, 0.25) is 0 Å². The van der Waals surface area contributed by atoms with Crippen LogP contribution in [0.25, 0.3) is 0 Å². The monoisotopic (exact) mass is 947 g/mol. The van der Waals surface area contributed by atoms with E-state index in [4.69, 9.17) is 14.2 Å². The van der Waals surface area contributed by atoms with Crippen LogP contribution in [0.15, 0.2) is 85.1 Å². The van der Waals surface area contributed by atoms with Crippen molar-refractivity contribution in [1.29, 1.82) is 0 Å². The molecule has 0 radical (unpaired) electrons. The lowest BCUT2D eigenvalue weighted by molar-refractivity contribution is -0.167. The molecule has 0 saturated carbocycles. The highest BCUT2D eigenvalue weighted by atomic mass is 16.6. The van der Waals surface area contributed by atoms with E-state index in [9.17, 15) is 14.4 Å². The summed E-state index contributed by atoms with van der Waals surface area (Å²) in [4.78, 5) is 38.0. The van der Waals surface area contributed by atoms with Crippen molar-refractivity contribution in [3.63, 3.8) is 0 Å². The fourth-order valence-electron chi connectivity index (χ4n) is 7.85. The van der Waals surface area contributed by atoms with Gasteiger partial charge in [-0.2, -0.15) is 0 Å². The van der Waals surface area contributed by atoms with Crippen molar-refractivity contribution in [2.24, 2.45) is 0 Å². The van der Waals surface area contributed by atoms with Crippen LogP contribution in [0.3, 0.4) is 0 Å². The van der Waals surface area contributed by atoms with E-state index in [0.29, 0.717) is 19.3 Å². The van der Waals surface area contributed by atoms with Crippen molar-refractivity contribution in [1.82, 2.24) is 0 Å². The van der Waals surface area contributed by atoms with Gasteiger partial charge >= 0.3 is 17.9 Å². The smallest absolute Gasteiger partial charge is 0.306 e. The normalized spacial score (nSPS) is 12.7. The summed E-state index contributed by atoms with van der Waals surface area (Å²) >= 11 is 0. The Hall–Kier alpha value is -3.41. The predicted octanol–water partition coefficient (Wildman–Crippen LogP) is 19.2. The summed E-state index contributed by atoms with van der Waals surface area (Å²) in [7, 11) is 0. The third kappa shape index (κ3) is 53.5. The van der Waals surface area contributed by atoms with E-state index in [2.05, 4.69) is 106 Å². The van der Waals surface area contributed by atoms with Gasteiger partial charge in [0.05, 0.1) is 0 Å². The first kappa shape index (κ1) is 64.6. The lowest BCUT2D eigenvalue weighted by atomic mass is 10.1. The van der Waals surface area contributed by atoms with E-state index >= 15 is 0 Å². The largest absolute Gasteiger partial charge is 0.462 e. The van der Waals surface area contributed by atoms with E-state index in [0.717, 1.165) is 116 Å². The fourth-order valence-corrected chi connectivity index (χ4v) is 7.85. The molecule has 0 aliphatic heterocycles. The van der Waals surface area contributed by atoms with E-state index in [-0.39, 0.29) is 31.1 Å². The molecule has 0 aromatic heterocycles. The van der Waals surface area contributed by atoms with E-state index < -0.39 is 6.10 Å². The second-order valence-electron chi connectivity index (χ2n) is 18.8.